The van der Waals surface area contributed by atoms with Gasteiger partial charge in [0.1, 0.15) is 0 Å². The van der Waals surface area contributed by atoms with Gasteiger partial charge >= 0.3 is 0 Å². The van der Waals surface area contributed by atoms with Gasteiger partial charge in [-0.15, -0.1) is 0 Å². The van der Waals surface area contributed by atoms with Crippen molar-refractivity contribution in [1.29, 1.82) is 0 Å². The fraction of sp³-hybridized carbons (Fsp3) is 1.00. The van der Waals surface area contributed by atoms with Crippen molar-refractivity contribution in [1.82, 2.24) is 0 Å². The van der Waals surface area contributed by atoms with Crippen LogP contribution in [0.15, 0.2) is 5.11 Å². The van der Waals surface area contributed by atoms with E-state index in [1.807, 2.05) is 0 Å². The Morgan fingerprint density at radius 2 is 2.33 bits per heavy atom. The van der Waals surface area contributed by atoms with Crippen molar-refractivity contribution in [2.75, 3.05) is 24.7 Å². The van der Waals surface area contributed by atoms with Gasteiger partial charge in [-0.3, -0.25) is 0 Å². The quantitative estimate of drug-likeness (QED) is 0.401. The molecule has 2 saturated heterocycles. The molecular formula is C8H13N3O3S. The van der Waals surface area contributed by atoms with Crippen LogP contribution in [0.5, 0.6) is 0 Å². The third-order valence-corrected chi connectivity index (χ3v) is 5.17. The van der Waals surface area contributed by atoms with Crippen molar-refractivity contribution in [3.05, 3.63) is 10.4 Å². The molecule has 2 aliphatic rings. The highest BCUT2D eigenvalue weighted by Crippen LogP contribution is 2.44. The largest absolute Gasteiger partial charge is 0.377 e. The lowest BCUT2D eigenvalue weighted by Gasteiger charge is -2.26. The van der Waals surface area contributed by atoms with E-state index in [2.05, 4.69) is 10.0 Å². The number of rotatable bonds is 2. The summed E-state index contributed by atoms with van der Waals surface area (Å²) in [4.78, 5) is 2.69. The number of nitrogens with zero attached hydrogens (tertiary/aromatic N) is 3. The topological polar surface area (TPSA) is 92.1 Å². The van der Waals surface area contributed by atoms with Crippen molar-refractivity contribution in [2.24, 2.45) is 10.5 Å². The van der Waals surface area contributed by atoms with Gasteiger partial charge in [0.2, 0.25) is 0 Å². The molecule has 0 aliphatic carbocycles. The summed E-state index contributed by atoms with van der Waals surface area (Å²) in [5, 5.41) is 3.48. The molecule has 0 N–H and O–H groups in total. The fourth-order valence-corrected chi connectivity index (χ4v) is 4.70. The molecule has 15 heavy (non-hydrogen) atoms. The monoisotopic (exact) mass is 231 g/mol. The summed E-state index contributed by atoms with van der Waals surface area (Å²) in [5.41, 5.74) is 7.96. The molecule has 2 fully saturated rings. The number of sulfone groups is 1. The van der Waals surface area contributed by atoms with E-state index in [0.29, 0.717) is 13.0 Å². The smallest absolute Gasteiger partial charge is 0.150 e. The van der Waals surface area contributed by atoms with Crippen LogP contribution >= 0.6 is 0 Å². The molecule has 2 heterocycles. The standard InChI is InChI=1S/C8H13N3O3S/c9-11-10-5-7-8(1-3-14-7)2-4-15(12,13)6-8/h7H,1-6H2. The van der Waals surface area contributed by atoms with Gasteiger partial charge in [0.15, 0.2) is 9.84 Å². The molecule has 2 atom stereocenters. The van der Waals surface area contributed by atoms with Crippen molar-refractivity contribution >= 4 is 9.84 Å². The third-order valence-electron chi connectivity index (χ3n) is 3.33. The van der Waals surface area contributed by atoms with E-state index in [9.17, 15) is 8.42 Å². The summed E-state index contributed by atoms with van der Waals surface area (Å²) in [5.74, 6) is 0.425. The van der Waals surface area contributed by atoms with Crippen LogP contribution in [0.4, 0.5) is 0 Å². The van der Waals surface area contributed by atoms with Gasteiger partial charge in [-0.2, -0.15) is 0 Å². The summed E-state index contributed by atoms with van der Waals surface area (Å²) in [7, 11) is -2.91. The van der Waals surface area contributed by atoms with Crippen molar-refractivity contribution in [3.8, 4) is 0 Å². The maximum absolute atomic E-state index is 11.5. The molecule has 0 amide bonds. The summed E-state index contributed by atoms with van der Waals surface area (Å²) in [6.07, 6.45) is 1.18. The van der Waals surface area contributed by atoms with Gasteiger partial charge in [-0.25, -0.2) is 8.42 Å². The van der Waals surface area contributed by atoms with Gasteiger partial charge < -0.3 is 4.74 Å². The third kappa shape index (κ3) is 1.95. The summed E-state index contributed by atoms with van der Waals surface area (Å²) in [6.45, 7) is 0.813. The van der Waals surface area contributed by atoms with Crippen LogP contribution < -0.4 is 0 Å². The Kier molecular flexibility index (Phi) is 2.62. The van der Waals surface area contributed by atoms with Crippen LogP contribution in [-0.4, -0.2) is 39.2 Å². The molecule has 1 spiro atoms. The number of ether oxygens (including phenoxy) is 1. The Labute approximate surface area is 88.2 Å². The number of hydrogen-bond donors (Lipinski definition) is 0. The molecule has 84 valence electrons. The van der Waals surface area contributed by atoms with Crippen molar-refractivity contribution in [3.63, 3.8) is 0 Å². The van der Waals surface area contributed by atoms with E-state index in [-0.39, 0.29) is 29.6 Å². The first-order valence-corrected chi connectivity index (χ1v) is 6.73. The minimum absolute atomic E-state index is 0.186. The minimum Gasteiger partial charge on any atom is -0.377 e. The van der Waals surface area contributed by atoms with Gasteiger partial charge in [0.05, 0.1) is 24.2 Å². The summed E-state index contributed by atoms with van der Waals surface area (Å²) in [6, 6.07) is 0. The zero-order valence-electron chi connectivity index (χ0n) is 8.29. The fourth-order valence-electron chi connectivity index (χ4n) is 2.49. The average molecular weight is 231 g/mol. The Morgan fingerprint density at radius 3 is 2.93 bits per heavy atom. The Bertz CT molecular complexity index is 401. The molecule has 0 radical (unpaired) electrons. The first-order chi connectivity index (χ1) is 7.08. The lowest BCUT2D eigenvalue weighted by molar-refractivity contribution is 0.0667. The minimum atomic E-state index is -2.91. The van der Waals surface area contributed by atoms with E-state index in [1.165, 1.54) is 0 Å². The van der Waals surface area contributed by atoms with E-state index in [4.69, 9.17) is 10.3 Å². The Hall–Kier alpha value is -0.780. The molecule has 0 aromatic heterocycles. The van der Waals surface area contributed by atoms with Gasteiger partial charge in [-0.1, -0.05) is 5.11 Å². The molecular weight excluding hydrogens is 218 g/mol. The van der Waals surface area contributed by atoms with Crippen molar-refractivity contribution < 1.29 is 13.2 Å². The van der Waals surface area contributed by atoms with Crippen LogP contribution in [0.3, 0.4) is 0 Å². The maximum Gasteiger partial charge on any atom is 0.150 e. The van der Waals surface area contributed by atoms with Crippen LogP contribution in [0.25, 0.3) is 10.4 Å². The van der Waals surface area contributed by atoms with E-state index >= 15 is 0 Å². The molecule has 6 nitrogen and oxygen atoms in total. The van der Waals surface area contributed by atoms with Gasteiger partial charge in [0.25, 0.3) is 0 Å². The predicted molar refractivity (Wildman–Crippen MR) is 54.1 cm³/mol. The second kappa shape index (κ2) is 3.66. The van der Waals surface area contributed by atoms with E-state index in [1.54, 1.807) is 0 Å². The lowest BCUT2D eigenvalue weighted by Crippen LogP contribution is -2.34. The Morgan fingerprint density at radius 1 is 1.53 bits per heavy atom. The van der Waals surface area contributed by atoms with Crippen LogP contribution in [0.1, 0.15) is 12.8 Å². The molecule has 2 aliphatic heterocycles. The summed E-state index contributed by atoms with van der Waals surface area (Å²) >= 11 is 0. The van der Waals surface area contributed by atoms with E-state index in [0.717, 1.165) is 6.42 Å². The van der Waals surface area contributed by atoms with Crippen LogP contribution in [-0.2, 0) is 14.6 Å². The zero-order chi connectivity index (χ0) is 10.9. The molecule has 0 saturated carbocycles. The molecule has 7 heteroatoms. The highest BCUT2D eigenvalue weighted by Gasteiger charge is 2.50. The summed E-state index contributed by atoms with van der Waals surface area (Å²) < 4.78 is 28.4. The van der Waals surface area contributed by atoms with Crippen molar-refractivity contribution in [2.45, 2.75) is 18.9 Å². The van der Waals surface area contributed by atoms with Crippen LogP contribution in [0, 0.1) is 5.41 Å². The normalized spacial score (nSPS) is 38.0. The molecule has 0 bridgehead atoms. The zero-order valence-corrected chi connectivity index (χ0v) is 9.11. The van der Waals surface area contributed by atoms with E-state index < -0.39 is 9.84 Å². The number of azide groups is 1. The highest BCUT2D eigenvalue weighted by molar-refractivity contribution is 7.91. The molecule has 2 rings (SSSR count). The SMILES string of the molecule is [N-]=[N+]=NCC1OCCC12CCS(=O)(=O)C2. The van der Waals surface area contributed by atoms with Gasteiger partial charge in [0, 0.05) is 16.9 Å². The maximum atomic E-state index is 11.5. The average Bonchev–Trinajstić information content (AvgIpc) is 2.68. The molecule has 0 aromatic carbocycles. The second-order valence-corrected chi connectivity index (χ2v) is 6.41. The molecule has 2 unspecified atom stereocenters. The highest BCUT2D eigenvalue weighted by atomic mass is 32.2. The Balaban J connectivity index is 2.17. The second-order valence-electron chi connectivity index (χ2n) is 4.23. The predicted octanol–water partition coefficient (Wildman–Crippen LogP) is 0.891. The number of hydrogen-bond acceptors (Lipinski definition) is 4. The van der Waals surface area contributed by atoms with Gasteiger partial charge in [-0.05, 0) is 18.4 Å². The first kappa shape index (κ1) is 10.7. The lowest BCUT2D eigenvalue weighted by atomic mass is 9.81. The van der Waals surface area contributed by atoms with Crippen LogP contribution in [0.2, 0.25) is 0 Å². The first-order valence-electron chi connectivity index (χ1n) is 4.91. The molecule has 0 aromatic rings.